The molecule has 1 unspecified atom stereocenters. The Balaban J connectivity index is 1.66. The maximum atomic E-state index is 13.2. The lowest BCUT2D eigenvalue weighted by Crippen LogP contribution is -2.30. The fourth-order valence-electron chi connectivity index (χ4n) is 3.63. The van der Waals surface area contributed by atoms with E-state index >= 15 is 0 Å². The van der Waals surface area contributed by atoms with Gasteiger partial charge in [0, 0.05) is 6.42 Å². The van der Waals surface area contributed by atoms with E-state index in [9.17, 15) is 8.42 Å². The molecule has 0 aromatic heterocycles. The van der Waals surface area contributed by atoms with E-state index in [2.05, 4.69) is 4.72 Å². The Morgan fingerprint density at radius 1 is 0.871 bits per heavy atom. The van der Waals surface area contributed by atoms with Crippen LogP contribution >= 0.6 is 0 Å². The molecular weight excluding hydrogens is 410 g/mol. The fourth-order valence-corrected chi connectivity index (χ4v) is 4.86. The third-order valence-corrected chi connectivity index (χ3v) is 6.88. The van der Waals surface area contributed by atoms with E-state index in [1.165, 1.54) is 0 Å². The third kappa shape index (κ3) is 5.27. The molecule has 1 aliphatic heterocycles. The average Bonchev–Trinajstić information content (AvgIpc) is 3.04. The van der Waals surface area contributed by atoms with Crippen LogP contribution in [-0.4, -0.2) is 21.6 Å². The molecule has 0 amide bonds. The van der Waals surface area contributed by atoms with Gasteiger partial charge in [-0.1, -0.05) is 55.5 Å². The van der Waals surface area contributed by atoms with E-state index in [-0.39, 0.29) is 4.90 Å². The highest BCUT2D eigenvalue weighted by Crippen LogP contribution is 2.33. The van der Waals surface area contributed by atoms with Crippen molar-refractivity contribution in [2.75, 3.05) is 13.2 Å². The summed E-state index contributed by atoms with van der Waals surface area (Å²) >= 11 is 0. The van der Waals surface area contributed by atoms with Gasteiger partial charge in [-0.05, 0) is 53.8 Å². The van der Waals surface area contributed by atoms with Crippen molar-refractivity contribution in [1.82, 2.24) is 4.72 Å². The van der Waals surface area contributed by atoms with Crippen LogP contribution in [0.3, 0.4) is 0 Å². The maximum absolute atomic E-state index is 13.2. The summed E-state index contributed by atoms with van der Waals surface area (Å²) in [5, 5.41) is 0. The predicted molar refractivity (Wildman–Crippen MR) is 121 cm³/mol. The molecule has 4 rings (SSSR count). The van der Waals surface area contributed by atoms with E-state index < -0.39 is 16.1 Å². The first-order valence-electron chi connectivity index (χ1n) is 10.6. The quantitative estimate of drug-likeness (QED) is 0.583. The van der Waals surface area contributed by atoms with Gasteiger partial charge >= 0.3 is 0 Å². The van der Waals surface area contributed by atoms with Gasteiger partial charge in [-0.3, -0.25) is 0 Å². The minimum atomic E-state index is -3.70. The second-order valence-corrected chi connectivity index (χ2v) is 9.33. The summed E-state index contributed by atoms with van der Waals surface area (Å²) in [6, 6.07) is 22.1. The fraction of sp³-hybridized carbons (Fsp3) is 0.280. The zero-order valence-corrected chi connectivity index (χ0v) is 18.4. The highest BCUT2D eigenvalue weighted by atomic mass is 32.2. The molecule has 1 aliphatic rings. The molecule has 0 aliphatic carbocycles. The lowest BCUT2D eigenvalue weighted by Gasteiger charge is -2.21. The van der Waals surface area contributed by atoms with Crippen LogP contribution in [0.2, 0.25) is 0 Å². The lowest BCUT2D eigenvalue weighted by atomic mass is 9.99. The lowest BCUT2D eigenvalue weighted by molar-refractivity contribution is 0.297. The second-order valence-electron chi connectivity index (χ2n) is 7.62. The highest BCUT2D eigenvalue weighted by molar-refractivity contribution is 7.89. The van der Waals surface area contributed by atoms with Gasteiger partial charge in [0.2, 0.25) is 10.0 Å². The van der Waals surface area contributed by atoms with Gasteiger partial charge in [-0.25, -0.2) is 13.1 Å². The van der Waals surface area contributed by atoms with Crippen molar-refractivity contribution in [1.29, 1.82) is 0 Å². The van der Waals surface area contributed by atoms with Gasteiger partial charge in [-0.15, -0.1) is 0 Å². The van der Waals surface area contributed by atoms with E-state index in [1.807, 2.05) is 67.6 Å². The third-order valence-electron chi connectivity index (χ3n) is 5.40. The predicted octanol–water partition coefficient (Wildman–Crippen LogP) is 4.67. The summed E-state index contributed by atoms with van der Waals surface area (Å²) in [5.41, 5.74) is 2.98. The van der Waals surface area contributed by atoms with Gasteiger partial charge in [-0.2, -0.15) is 0 Å². The largest absolute Gasteiger partial charge is 0.490 e. The summed E-state index contributed by atoms with van der Waals surface area (Å²) in [6.45, 7) is 3.23. The van der Waals surface area contributed by atoms with Crippen molar-refractivity contribution in [3.8, 4) is 11.5 Å². The molecule has 3 aromatic rings. The van der Waals surface area contributed by atoms with Crippen LogP contribution in [0, 0.1) is 0 Å². The summed E-state index contributed by atoms with van der Waals surface area (Å²) in [4.78, 5) is 0.261. The van der Waals surface area contributed by atoms with Crippen molar-refractivity contribution in [3.63, 3.8) is 0 Å². The van der Waals surface area contributed by atoms with Crippen LogP contribution in [0.4, 0.5) is 0 Å². The molecular formula is C25H27NO4S. The Morgan fingerprint density at radius 3 is 2.29 bits per heavy atom. The van der Waals surface area contributed by atoms with Crippen molar-refractivity contribution >= 4 is 10.0 Å². The first-order valence-corrected chi connectivity index (χ1v) is 12.1. The number of aryl methyl sites for hydroxylation is 1. The van der Waals surface area contributed by atoms with Crippen LogP contribution in [-0.2, 0) is 22.9 Å². The van der Waals surface area contributed by atoms with Crippen LogP contribution < -0.4 is 14.2 Å². The average molecular weight is 438 g/mol. The number of rotatable bonds is 7. The number of nitrogens with one attached hydrogen (secondary N) is 1. The summed E-state index contributed by atoms with van der Waals surface area (Å²) in [5.74, 6) is 1.34. The smallest absolute Gasteiger partial charge is 0.241 e. The molecule has 162 valence electrons. The van der Waals surface area contributed by atoms with Gasteiger partial charge in [0.15, 0.2) is 11.5 Å². The Hall–Kier alpha value is -2.83. The van der Waals surface area contributed by atoms with E-state index in [0.717, 1.165) is 29.5 Å². The first kappa shape index (κ1) is 21.4. The molecule has 0 spiro atoms. The summed E-state index contributed by atoms with van der Waals surface area (Å²) < 4.78 is 40.8. The minimum absolute atomic E-state index is 0.261. The van der Waals surface area contributed by atoms with Crippen molar-refractivity contribution in [2.24, 2.45) is 0 Å². The molecule has 3 aromatic carbocycles. The maximum Gasteiger partial charge on any atom is 0.241 e. The molecule has 1 N–H and O–H groups in total. The Kier molecular flexibility index (Phi) is 6.59. The number of hydrogen-bond donors (Lipinski definition) is 1. The number of sulfonamides is 1. The number of hydrogen-bond acceptors (Lipinski definition) is 4. The van der Waals surface area contributed by atoms with Gasteiger partial charge < -0.3 is 9.47 Å². The number of ether oxygens (including phenoxy) is 2. The Labute approximate surface area is 184 Å². The minimum Gasteiger partial charge on any atom is -0.490 e. The van der Waals surface area contributed by atoms with Crippen LogP contribution in [0.25, 0.3) is 0 Å². The zero-order valence-electron chi connectivity index (χ0n) is 17.6. The van der Waals surface area contributed by atoms with Gasteiger partial charge in [0.05, 0.1) is 24.2 Å². The van der Waals surface area contributed by atoms with Crippen LogP contribution in [0.5, 0.6) is 11.5 Å². The summed E-state index contributed by atoms with van der Waals surface area (Å²) in [7, 11) is -3.70. The molecule has 0 radical (unpaired) electrons. The second kappa shape index (κ2) is 9.54. The number of benzene rings is 3. The molecule has 5 nitrogen and oxygen atoms in total. The normalized spacial score (nSPS) is 14.6. The van der Waals surface area contributed by atoms with E-state index in [1.54, 1.807) is 12.1 Å². The zero-order chi connectivity index (χ0) is 21.7. The SMILES string of the molecule is CCc1ccc(S(=O)(=O)NC(Cc2ccccc2)c2ccc3c(c2)OCCCO3)cc1. The van der Waals surface area contributed by atoms with Crippen molar-refractivity contribution in [3.05, 3.63) is 89.5 Å². The van der Waals surface area contributed by atoms with Crippen LogP contribution in [0.15, 0.2) is 77.7 Å². The molecule has 0 saturated carbocycles. The van der Waals surface area contributed by atoms with E-state index in [0.29, 0.717) is 31.1 Å². The van der Waals surface area contributed by atoms with Crippen molar-refractivity contribution < 1.29 is 17.9 Å². The van der Waals surface area contributed by atoms with Crippen LogP contribution in [0.1, 0.15) is 36.1 Å². The molecule has 31 heavy (non-hydrogen) atoms. The number of fused-ring (bicyclic) bond motifs is 1. The molecule has 0 saturated heterocycles. The van der Waals surface area contributed by atoms with Gasteiger partial charge in [0.25, 0.3) is 0 Å². The molecule has 0 fully saturated rings. The molecule has 6 heteroatoms. The topological polar surface area (TPSA) is 64.6 Å². The van der Waals surface area contributed by atoms with Crippen molar-refractivity contribution in [2.45, 2.75) is 37.1 Å². The Bertz CT molecular complexity index is 1110. The highest BCUT2D eigenvalue weighted by Gasteiger charge is 2.23. The molecule has 0 bridgehead atoms. The molecule has 1 atom stereocenters. The van der Waals surface area contributed by atoms with Gasteiger partial charge in [0.1, 0.15) is 0 Å². The summed E-state index contributed by atoms with van der Waals surface area (Å²) in [6.07, 6.45) is 2.20. The molecule has 1 heterocycles. The Morgan fingerprint density at radius 2 is 1.58 bits per heavy atom. The standard InChI is InChI=1S/C25H27NO4S/c1-2-19-9-12-22(13-10-19)31(27,28)26-23(17-20-7-4-3-5-8-20)21-11-14-24-25(18-21)30-16-6-15-29-24/h3-5,7-14,18,23,26H,2,6,15-17H2,1H3. The first-order chi connectivity index (χ1) is 15.0. The van der Waals surface area contributed by atoms with E-state index in [4.69, 9.17) is 9.47 Å². The monoisotopic (exact) mass is 437 g/mol.